The number of hydrogen-bond donors (Lipinski definition) is 2. The molecule has 6 heteroatoms. The highest BCUT2D eigenvalue weighted by Gasteiger charge is 2.39. The highest BCUT2D eigenvalue weighted by molar-refractivity contribution is 5.93. The van der Waals surface area contributed by atoms with Crippen LogP contribution in [0.3, 0.4) is 0 Å². The SMILES string of the molecule is Cn1cc(C(=O)NCC2(CC(=O)O)CCC2)cn1. The van der Waals surface area contributed by atoms with Crippen molar-refractivity contribution >= 4 is 11.9 Å². The summed E-state index contributed by atoms with van der Waals surface area (Å²) in [5.41, 5.74) is 0.256. The summed E-state index contributed by atoms with van der Waals surface area (Å²) in [6.45, 7) is 0.424. The van der Waals surface area contributed by atoms with Crippen LogP contribution < -0.4 is 5.32 Å². The number of carboxylic acids is 1. The van der Waals surface area contributed by atoms with E-state index in [1.807, 2.05) is 0 Å². The van der Waals surface area contributed by atoms with Crippen LogP contribution >= 0.6 is 0 Å². The van der Waals surface area contributed by atoms with Crippen molar-refractivity contribution in [1.82, 2.24) is 15.1 Å². The predicted molar refractivity (Wildman–Crippen MR) is 64.1 cm³/mol. The van der Waals surface area contributed by atoms with E-state index >= 15 is 0 Å². The van der Waals surface area contributed by atoms with Gasteiger partial charge in [-0.25, -0.2) is 0 Å². The maximum atomic E-state index is 11.8. The molecule has 1 aromatic rings. The van der Waals surface area contributed by atoms with Crippen molar-refractivity contribution in [1.29, 1.82) is 0 Å². The molecular weight excluding hydrogens is 234 g/mol. The summed E-state index contributed by atoms with van der Waals surface area (Å²) in [4.78, 5) is 22.6. The smallest absolute Gasteiger partial charge is 0.303 e. The second-order valence-corrected chi connectivity index (χ2v) is 5.01. The number of aryl methyl sites for hydroxylation is 1. The van der Waals surface area contributed by atoms with Crippen molar-refractivity contribution < 1.29 is 14.7 Å². The molecule has 0 atom stereocenters. The van der Waals surface area contributed by atoms with Gasteiger partial charge < -0.3 is 10.4 Å². The van der Waals surface area contributed by atoms with Crippen molar-refractivity contribution in [3.05, 3.63) is 18.0 Å². The summed E-state index contributed by atoms with van der Waals surface area (Å²) in [5, 5.41) is 15.6. The third kappa shape index (κ3) is 2.69. The van der Waals surface area contributed by atoms with Crippen LogP contribution in [0.4, 0.5) is 0 Å². The van der Waals surface area contributed by atoms with E-state index in [0.29, 0.717) is 12.1 Å². The molecule has 1 aliphatic rings. The van der Waals surface area contributed by atoms with Gasteiger partial charge in [0.05, 0.1) is 18.2 Å². The Morgan fingerprint density at radius 3 is 2.72 bits per heavy atom. The number of nitrogens with one attached hydrogen (secondary N) is 1. The first kappa shape index (κ1) is 12.6. The minimum atomic E-state index is -0.801. The molecule has 1 aromatic heterocycles. The number of aromatic nitrogens is 2. The molecule has 0 aromatic carbocycles. The van der Waals surface area contributed by atoms with Gasteiger partial charge in [-0.3, -0.25) is 14.3 Å². The van der Waals surface area contributed by atoms with E-state index in [2.05, 4.69) is 10.4 Å². The highest BCUT2D eigenvalue weighted by atomic mass is 16.4. The second-order valence-electron chi connectivity index (χ2n) is 5.01. The van der Waals surface area contributed by atoms with Gasteiger partial charge in [0.25, 0.3) is 5.91 Å². The monoisotopic (exact) mass is 251 g/mol. The number of amides is 1. The van der Waals surface area contributed by atoms with Gasteiger partial charge in [-0.1, -0.05) is 6.42 Å². The summed E-state index contributed by atoms with van der Waals surface area (Å²) in [6, 6.07) is 0. The Labute approximate surface area is 105 Å². The van der Waals surface area contributed by atoms with Crippen molar-refractivity contribution in [3.63, 3.8) is 0 Å². The quantitative estimate of drug-likeness (QED) is 0.810. The molecule has 1 amide bonds. The number of carbonyl (C=O) groups is 2. The molecule has 0 bridgehead atoms. The Morgan fingerprint density at radius 1 is 1.56 bits per heavy atom. The fraction of sp³-hybridized carbons (Fsp3) is 0.583. The lowest BCUT2D eigenvalue weighted by Gasteiger charge is -2.40. The molecule has 1 heterocycles. The van der Waals surface area contributed by atoms with Gasteiger partial charge in [-0.05, 0) is 18.3 Å². The predicted octanol–water partition coefficient (Wildman–Crippen LogP) is 0.795. The Bertz CT molecular complexity index is 463. The lowest BCUT2D eigenvalue weighted by Crippen LogP contribution is -2.43. The van der Waals surface area contributed by atoms with E-state index in [0.717, 1.165) is 19.3 Å². The van der Waals surface area contributed by atoms with Crippen LogP contribution in [-0.4, -0.2) is 33.3 Å². The van der Waals surface area contributed by atoms with Crippen LogP contribution in [0.5, 0.6) is 0 Å². The molecule has 2 rings (SSSR count). The average molecular weight is 251 g/mol. The van der Waals surface area contributed by atoms with Crippen molar-refractivity contribution in [3.8, 4) is 0 Å². The minimum absolute atomic E-state index is 0.125. The molecule has 0 aliphatic heterocycles. The van der Waals surface area contributed by atoms with E-state index in [9.17, 15) is 9.59 Å². The lowest BCUT2D eigenvalue weighted by atomic mass is 9.66. The molecule has 0 saturated heterocycles. The topological polar surface area (TPSA) is 84.2 Å². The molecule has 0 spiro atoms. The molecule has 2 N–H and O–H groups in total. The van der Waals surface area contributed by atoms with Crippen LogP contribution in [0.15, 0.2) is 12.4 Å². The molecule has 1 fully saturated rings. The van der Waals surface area contributed by atoms with Crippen LogP contribution in [0.25, 0.3) is 0 Å². The Balaban J connectivity index is 1.90. The first-order valence-electron chi connectivity index (χ1n) is 5.99. The standard InChI is InChI=1S/C12H17N3O3/c1-15-7-9(6-14-15)11(18)13-8-12(3-2-4-12)5-10(16)17/h6-7H,2-5,8H2,1H3,(H,13,18)(H,16,17). The first-order valence-corrected chi connectivity index (χ1v) is 5.99. The Morgan fingerprint density at radius 2 is 2.28 bits per heavy atom. The maximum Gasteiger partial charge on any atom is 0.303 e. The first-order chi connectivity index (χ1) is 8.51. The molecular formula is C12H17N3O3. The molecule has 1 aliphatic carbocycles. The molecule has 0 unspecified atom stereocenters. The fourth-order valence-corrected chi connectivity index (χ4v) is 2.32. The lowest BCUT2D eigenvalue weighted by molar-refractivity contribution is -0.141. The molecule has 6 nitrogen and oxygen atoms in total. The van der Waals surface area contributed by atoms with Crippen LogP contribution in [0.2, 0.25) is 0 Å². The Kier molecular flexibility index (Phi) is 3.36. The van der Waals surface area contributed by atoms with Crippen molar-refractivity contribution in [2.45, 2.75) is 25.7 Å². The van der Waals surface area contributed by atoms with Crippen LogP contribution in [0, 0.1) is 5.41 Å². The van der Waals surface area contributed by atoms with Crippen LogP contribution in [-0.2, 0) is 11.8 Å². The van der Waals surface area contributed by atoms with Gasteiger partial charge in [0.2, 0.25) is 0 Å². The van der Waals surface area contributed by atoms with Gasteiger partial charge in [0, 0.05) is 19.8 Å². The number of aliphatic carboxylic acids is 1. The molecule has 98 valence electrons. The van der Waals surface area contributed by atoms with Gasteiger partial charge in [-0.15, -0.1) is 0 Å². The summed E-state index contributed by atoms with van der Waals surface area (Å²) in [5.74, 6) is -0.995. The largest absolute Gasteiger partial charge is 0.481 e. The van der Waals surface area contributed by atoms with E-state index in [-0.39, 0.29) is 17.7 Å². The van der Waals surface area contributed by atoms with Gasteiger partial charge in [-0.2, -0.15) is 5.10 Å². The summed E-state index contributed by atoms with van der Waals surface area (Å²) in [6.07, 6.45) is 6.04. The number of carboxylic acid groups (broad SMARTS) is 1. The van der Waals surface area contributed by atoms with Crippen molar-refractivity contribution in [2.24, 2.45) is 12.5 Å². The van der Waals surface area contributed by atoms with Crippen LogP contribution in [0.1, 0.15) is 36.0 Å². The summed E-state index contributed by atoms with van der Waals surface area (Å²) in [7, 11) is 1.74. The zero-order valence-corrected chi connectivity index (χ0v) is 10.3. The summed E-state index contributed by atoms with van der Waals surface area (Å²) < 4.78 is 1.56. The summed E-state index contributed by atoms with van der Waals surface area (Å²) >= 11 is 0. The molecule has 0 radical (unpaired) electrons. The average Bonchev–Trinajstić information content (AvgIpc) is 2.68. The number of rotatable bonds is 5. The minimum Gasteiger partial charge on any atom is -0.481 e. The highest BCUT2D eigenvalue weighted by Crippen LogP contribution is 2.43. The zero-order valence-electron chi connectivity index (χ0n) is 10.3. The normalized spacial score (nSPS) is 16.9. The zero-order chi connectivity index (χ0) is 13.2. The second kappa shape index (κ2) is 4.80. The van der Waals surface area contributed by atoms with E-state index < -0.39 is 5.97 Å². The Hall–Kier alpha value is -1.85. The van der Waals surface area contributed by atoms with E-state index in [1.54, 1.807) is 17.9 Å². The number of nitrogens with zero attached hydrogens (tertiary/aromatic N) is 2. The third-order valence-corrected chi connectivity index (χ3v) is 3.53. The third-order valence-electron chi connectivity index (χ3n) is 3.53. The van der Waals surface area contributed by atoms with Gasteiger partial charge >= 0.3 is 5.97 Å². The molecule has 1 saturated carbocycles. The number of hydrogen-bond acceptors (Lipinski definition) is 3. The number of carbonyl (C=O) groups excluding carboxylic acids is 1. The maximum absolute atomic E-state index is 11.8. The van der Waals surface area contributed by atoms with Crippen molar-refractivity contribution in [2.75, 3.05) is 6.54 Å². The van der Waals surface area contributed by atoms with E-state index in [4.69, 9.17) is 5.11 Å². The fourth-order valence-electron chi connectivity index (χ4n) is 2.32. The van der Waals surface area contributed by atoms with Gasteiger partial charge in [0.15, 0.2) is 0 Å². The van der Waals surface area contributed by atoms with Gasteiger partial charge in [0.1, 0.15) is 0 Å². The molecule has 18 heavy (non-hydrogen) atoms. The van der Waals surface area contributed by atoms with E-state index in [1.165, 1.54) is 6.20 Å².